The van der Waals surface area contributed by atoms with Crippen molar-refractivity contribution >= 4 is 5.97 Å². The molecule has 146 valence electrons. The van der Waals surface area contributed by atoms with E-state index in [4.69, 9.17) is 18.9 Å². The summed E-state index contributed by atoms with van der Waals surface area (Å²) >= 11 is 0. The predicted molar refractivity (Wildman–Crippen MR) is 95.8 cm³/mol. The van der Waals surface area contributed by atoms with Crippen LogP contribution in [-0.2, 0) is 14.3 Å². The zero-order chi connectivity index (χ0) is 18.8. The van der Waals surface area contributed by atoms with Crippen LogP contribution < -0.4 is 9.47 Å². The SMILES string of the molecule is CCCCCC1OCC(C(=O)Oc2ccc(OCCCC)cc2F)CO1. The first-order valence-corrected chi connectivity index (χ1v) is 9.51. The van der Waals surface area contributed by atoms with E-state index in [1.54, 1.807) is 6.07 Å². The molecule has 5 nitrogen and oxygen atoms in total. The molecule has 0 atom stereocenters. The van der Waals surface area contributed by atoms with Crippen LogP contribution in [0.3, 0.4) is 0 Å². The number of carbonyl (C=O) groups is 1. The molecule has 0 spiro atoms. The number of benzene rings is 1. The maximum atomic E-state index is 14.1. The van der Waals surface area contributed by atoms with E-state index < -0.39 is 17.7 Å². The lowest BCUT2D eigenvalue weighted by molar-refractivity contribution is -0.208. The Bertz CT molecular complexity index is 555. The third-order valence-corrected chi connectivity index (χ3v) is 4.22. The number of ether oxygens (including phenoxy) is 4. The molecule has 0 unspecified atom stereocenters. The standard InChI is InChI=1S/C20H29FO5/c1-3-5-7-8-19-24-13-15(14-25-19)20(22)26-18-10-9-16(12-17(18)21)23-11-6-4-2/h9-10,12,15,19H,3-8,11,13-14H2,1-2H3. The van der Waals surface area contributed by atoms with Gasteiger partial charge in [0.15, 0.2) is 17.9 Å². The van der Waals surface area contributed by atoms with E-state index >= 15 is 0 Å². The number of hydrogen-bond acceptors (Lipinski definition) is 5. The van der Waals surface area contributed by atoms with Gasteiger partial charge in [-0.2, -0.15) is 0 Å². The normalized spacial score (nSPS) is 20.0. The van der Waals surface area contributed by atoms with E-state index in [9.17, 15) is 9.18 Å². The highest BCUT2D eigenvalue weighted by atomic mass is 19.1. The Labute approximate surface area is 154 Å². The molecule has 0 saturated carbocycles. The first kappa shape index (κ1) is 20.6. The van der Waals surface area contributed by atoms with E-state index in [-0.39, 0.29) is 25.3 Å². The van der Waals surface area contributed by atoms with Gasteiger partial charge in [-0.05, 0) is 31.4 Å². The zero-order valence-corrected chi connectivity index (χ0v) is 15.7. The van der Waals surface area contributed by atoms with Gasteiger partial charge >= 0.3 is 5.97 Å². The number of halogens is 1. The summed E-state index contributed by atoms with van der Waals surface area (Å²) in [5.74, 6) is -1.40. The van der Waals surface area contributed by atoms with Gasteiger partial charge in [0.1, 0.15) is 11.7 Å². The maximum Gasteiger partial charge on any atom is 0.319 e. The van der Waals surface area contributed by atoms with Crippen LogP contribution >= 0.6 is 0 Å². The van der Waals surface area contributed by atoms with Gasteiger partial charge in [0.25, 0.3) is 0 Å². The molecule has 2 rings (SSSR count). The Hall–Kier alpha value is -1.66. The van der Waals surface area contributed by atoms with Crippen molar-refractivity contribution in [3.8, 4) is 11.5 Å². The minimum absolute atomic E-state index is 0.108. The molecule has 1 saturated heterocycles. The van der Waals surface area contributed by atoms with E-state index in [1.165, 1.54) is 12.1 Å². The van der Waals surface area contributed by atoms with Crippen LogP contribution in [0.5, 0.6) is 11.5 Å². The molecule has 0 radical (unpaired) electrons. The van der Waals surface area contributed by atoms with Crippen molar-refractivity contribution < 1.29 is 28.1 Å². The minimum atomic E-state index is -0.623. The van der Waals surface area contributed by atoms with Crippen molar-refractivity contribution in [2.45, 2.75) is 58.7 Å². The smallest absolute Gasteiger partial charge is 0.319 e. The molecule has 0 aromatic heterocycles. The fourth-order valence-electron chi connectivity index (χ4n) is 2.59. The predicted octanol–water partition coefficient (Wildman–Crippen LogP) is 4.48. The molecule has 1 aliphatic rings. The molecule has 26 heavy (non-hydrogen) atoms. The van der Waals surface area contributed by atoms with Crippen LogP contribution in [0, 0.1) is 11.7 Å². The fourth-order valence-corrected chi connectivity index (χ4v) is 2.59. The Morgan fingerprint density at radius 3 is 2.54 bits per heavy atom. The van der Waals surface area contributed by atoms with Crippen LogP contribution in [0.25, 0.3) is 0 Å². The molecular formula is C20H29FO5. The first-order valence-electron chi connectivity index (χ1n) is 9.51. The molecule has 0 bridgehead atoms. The van der Waals surface area contributed by atoms with Crippen LogP contribution in [0.4, 0.5) is 4.39 Å². The lowest BCUT2D eigenvalue weighted by Crippen LogP contribution is -2.38. The Morgan fingerprint density at radius 1 is 1.15 bits per heavy atom. The van der Waals surface area contributed by atoms with Crippen molar-refractivity contribution in [3.63, 3.8) is 0 Å². The van der Waals surface area contributed by atoms with E-state index in [0.717, 1.165) is 38.5 Å². The quantitative estimate of drug-likeness (QED) is 0.346. The molecular weight excluding hydrogens is 339 g/mol. The fraction of sp³-hybridized carbons (Fsp3) is 0.650. The second-order valence-electron chi connectivity index (χ2n) is 6.50. The summed E-state index contributed by atoms with van der Waals surface area (Å²) in [7, 11) is 0. The first-order chi connectivity index (χ1) is 12.6. The Balaban J connectivity index is 1.79. The molecule has 1 aromatic rings. The van der Waals surface area contributed by atoms with Gasteiger partial charge in [-0.3, -0.25) is 4.79 Å². The molecule has 1 fully saturated rings. The summed E-state index contributed by atoms with van der Waals surface area (Å²) in [4.78, 5) is 12.2. The average Bonchev–Trinajstić information content (AvgIpc) is 2.65. The monoisotopic (exact) mass is 368 g/mol. The van der Waals surface area contributed by atoms with Crippen LogP contribution in [-0.4, -0.2) is 32.1 Å². The molecule has 1 aromatic carbocycles. The second kappa shape index (κ2) is 11.1. The van der Waals surface area contributed by atoms with Crippen molar-refractivity contribution in [1.29, 1.82) is 0 Å². The van der Waals surface area contributed by atoms with Gasteiger partial charge in [-0.1, -0.05) is 33.1 Å². The summed E-state index contributed by atoms with van der Waals surface area (Å²) < 4.78 is 35.8. The minimum Gasteiger partial charge on any atom is -0.493 e. The lowest BCUT2D eigenvalue weighted by Gasteiger charge is -2.28. The summed E-state index contributed by atoms with van der Waals surface area (Å²) in [5.41, 5.74) is 0. The second-order valence-corrected chi connectivity index (χ2v) is 6.50. The van der Waals surface area contributed by atoms with Gasteiger partial charge in [0.05, 0.1) is 19.8 Å². The average molecular weight is 368 g/mol. The van der Waals surface area contributed by atoms with Crippen molar-refractivity contribution in [1.82, 2.24) is 0 Å². The highest BCUT2D eigenvalue weighted by Gasteiger charge is 2.29. The lowest BCUT2D eigenvalue weighted by atomic mass is 10.1. The van der Waals surface area contributed by atoms with Crippen LogP contribution in [0.1, 0.15) is 52.4 Å². The van der Waals surface area contributed by atoms with Gasteiger partial charge in [0.2, 0.25) is 0 Å². The summed E-state index contributed by atoms with van der Waals surface area (Å²) in [5, 5.41) is 0. The third-order valence-electron chi connectivity index (χ3n) is 4.22. The highest BCUT2D eigenvalue weighted by molar-refractivity contribution is 5.75. The molecule has 1 aliphatic heterocycles. The molecule has 0 aliphatic carbocycles. The number of hydrogen-bond donors (Lipinski definition) is 0. The van der Waals surface area contributed by atoms with Crippen molar-refractivity contribution in [3.05, 3.63) is 24.0 Å². The van der Waals surface area contributed by atoms with Crippen molar-refractivity contribution in [2.75, 3.05) is 19.8 Å². The topological polar surface area (TPSA) is 54.0 Å². The van der Waals surface area contributed by atoms with Gasteiger partial charge in [-0.25, -0.2) is 4.39 Å². The van der Waals surface area contributed by atoms with Gasteiger partial charge in [0, 0.05) is 6.07 Å². The van der Waals surface area contributed by atoms with E-state index in [1.807, 2.05) is 0 Å². The molecule has 1 heterocycles. The summed E-state index contributed by atoms with van der Waals surface area (Å²) in [6.45, 7) is 5.19. The number of esters is 1. The van der Waals surface area contributed by atoms with Crippen molar-refractivity contribution in [2.24, 2.45) is 5.92 Å². The Kier molecular flexibility index (Phi) is 8.85. The third kappa shape index (κ3) is 6.57. The Morgan fingerprint density at radius 2 is 1.88 bits per heavy atom. The van der Waals surface area contributed by atoms with E-state index in [2.05, 4.69) is 13.8 Å². The van der Waals surface area contributed by atoms with Crippen LogP contribution in [0.15, 0.2) is 18.2 Å². The largest absolute Gasteiger partial charge is 0.493 e. The summed E-state index contributed by atoms with van der Waals surface area (Å²) in [6, 6.07) is 4.24. The number of rotatable bonds is 10. The molecule has 0 amide bonds. The van der Waals surface area contributed by atoms with Gasteiger partial charge in [-0.15, -0.1) is 0 Å². The number of carbonyl (C=O) groups excluding carboxylic acids is 1. The molecule has 6 heteroatoms. The maximum absolute atomic E-state index is 14.1. The zero-order valence-electron chi connectivity index (χ0n) is 15.7. The van der Waals surface area contributed by atoms with Crippen LogP contribution in [0.2, 0.25) is 0 Å². The highest BCUT2D eigenvalue weighted by Crippen LogP contribution is 2.25. The summed E-state index contributed by atoms with van der Waals surface area (Å²) in [6.07, 6.45) is 5.77. The molecule has 0 N–H and O–H groups in total. The van der Waals surface area contributed by atoms with E-state index in [0.29, 0.717) is 12.4 Å². The van der Waals surface area contributed by atoms with Gasteiger partial charge < -0.3 is 18.9 Å². The number of unbranched alkanes of at least 4 members (excludes halogenated alkanes) is 3.